The van der Waals surface area contributed by atoms with Crippen LogP contribution in [0.1, 0.15) is 31.2 Å². The normalized spacial score (nSPS) is 17.1. The summed E-state index contributed by atoms with van der Waals surface area (Å²) in [7, 11) is 1.73. The van der Waals surface area contributed by atoms with Crippen molar-refractivity contribution >= 4 is 29.2 Å². The van der Waals surface area contributed by atoms with Gasteiger partial charge in [0.2, 0.25) is 5.91 Å². The zero-order valence-electron chi connectivity index (χ0n) is 16.7. The predicted octanol–water partition coefficient (Wildman–Crippen LogP) is 3.79. The number of nitrogens with one attached hydrogen (secondary N) is 3. The number of carbonyl (C=O) groups excluding carboxylic acids is 1. The van der Waals surface area contributed by atoms with Crippen LogP contribution in [0.3, 0.4) is 0 Å². The van der Waals surface area contributed by atoms with Crippen LogP contribution >= 0.6 is 11.6 Å². The van der Waals surface area contributed by atoms with E-state index >= 15 is 0 Å². The molecule has 1 amide bonds. The first-order valence-electron chi connectivity index (χ1n) is 9.85. The third-order valence-corrected chi connectivity index (χ3v) is 5.24. The van der Waals surface area contributed by atoms with E-state index in [4.69, 9.17) is 16.3 Å². The molecular formula is C22H27ClN4O2. The van der Waals surface area contributed by atoms with Crippen LogP contribution in [0, 0.1) is 0 Å². The van der Waals surface area contributed by atoms with Gasteiger partial charge in [-0.25, -0.2) is 0 Å². The highest BCUT2D eigenvalue weighted by Crippen LogP contribution is 2.31. The summed E-state index contributed by atoms with van der Waals surface area (Å²) >= 11 is 6.19. The topological polar surface area (TPSA) is 74.8 Å². The minimum atomic E-state index is -0.0466. The van der Waals surface area contributed by atoms with Crippen molar-refractivity contribution in [3.63, 3.8) is 0 Å². The number of ether oxygens (including phenoxy) is 1. The summed E-state index contributed by atoms with van der Waals surface area (Å²) in [5.74, 6) is 1.49. The standard InChI is InChI=1S/C22H27ClN4O2/c1-3-16(29-20-11-7-5-9-18(20)23)14-26-22(24-2)25-13-15-12-21(28)27-19-10-6-4-8-17(15)19/h4-11,15-16H,3,12-14H2,1-2H3,(H,27,28)(H2,24,25,26). The zero-order chi connectivity index (χ0) is 20.6. The molecule has 6 nitrogen and oxygen atoms in total. The Bertz CT molecular complexity index is 871. The molecule has 0 saturated heterocycles. The van der Waals surface area contributed by atoms with Crippen molar-refractivity contribution in [1.82, 2.24) is 10.6 Å². The van der Waals surface area contributed by atoms with Crippen LogP contribution in [-0.4, -0.2) is 38.1 Å². The Hall–Kier alpha value is -2.73. The van der Waals surface area contributed by atoms with Gasteiger partial charge in [-0.1, -0.05) is 48.9 Å². The van der Waals surface area contributed by atoms with Crippen LogP contribution in [0.25, 0.3) is 0 Å². The van der Waals surface area contributed by atoms with Gasteiger partial charge in [0, 0.05) is 31.6 Å². The molecule has 0 saturated carbocycles. The van der Waals surface area contributed by atoms with Gasteiger partial charge >= 0.3 is 0 Å². The average Bonchev–Trinajstić information content (AvgIpc) is 2.74. The molecule has 2 aromatic carbocycles. The van der Waals surface area contributed by atoms with Crippen LogP contribution in [0.4, 0.5) is 5.69 Å². The van der Waals surface area contributed by atoms with Crippen LogP contribution in [0.5, 0.6) is 5.75 Å². The third-order valence-electron chi connectivity index (χ3n) is 4.93. The molecule has 7 heteroatoms. The van der Waals surface area contributed by atoms with Gasteiger partial charge in [-0.2, -0.15) is 0 Å². The number of anilines is 1. The van der Waals surface area contributed by atoms with Crippen LogP contribution in [-0.2, 0) is 4.79 Å². The minimum Gasteiger partial charge on any atom is -0.487 e. The number of para-hydroxylation sites is 2. The van der Waals surface area contributed by atoms with E-state index in [1.165, 1.54) is 0 Å². The summed E-state index contributed by atoms with van der Waals surface area (Å²) in [4.78, 5) is 16.3. The fourth-order valence-electron chi connectivity index (χ4n) is 3.32. The lowest BCUT2D eigenvalue weighted by Crippen LogP contribution is -2.44. The van der Waals surface area contributed by atoms with E-state index in [0.717, 1.165) is 17.7 Å². The molecule has 1 aliphatic heterocycles. The fourth-order valence-corrected chi connectivity index (χ4v) is 3.50. The summed E-state index contributed by atoms with van der Waals surface area (Å²) in [6.45, 7) is 3.27. The number of aliphatic imine (C=N–C) groups is 1. The molecule has 2 aromatic rings. The Labute approximate surface area is 176 Å². The lowest BCUT2D eigenvalue weighted by molar-refractivity contribution is -0.116. The maximum Gasteiger partial charge on any atom is 0.225 e. The number of guanidine groups is 1. The Morgan fingerprint density at radius 1 is 1.24 bits per heavy atom. The molecule has 0 bridgehead atoms. The van der Waals surface area contributed by atoms with Crippen LogP contribution in [0.2, 0.25) is 5.02 Å². The van der Waals surface area contributed by atoms with E-state index in [0.29, 0.717) is 36.2 Å². The minimum absolute atomic E-state index is 0.0395. The van der Waals surface area contributed by atoms with Crippen molar-refractivity contribution in [2.75, 3.05) is 25.5 Å². The third kappa shape index (κ3) is 5.64. The van der Waals surface area contributed by atoms with Crippen molar-refractivity contribution in [3.8, 4) is 5.75 Å². The van der Waals surface area contributed by atoms with Gasteiger partial charge in [-0.05, 0) is 30.2 Å². The van der Waals surface area contributed by atoms with E-state index in [9.17, 15) is 4.79 Å². The molecule has 1 heterocycles. The van der Waals surface area contributed by atoms with Gasteiger partial charge in [0.1, 0.15) is 11.9 Å². The smallest absolute Gasteiger partial charge is 0.225 e. The zero-order valence-corrected chi connectivity index (χ0v) is 17.5. The van der Waals surface area contributed by atoms with Crippen molar-refractivity contribution < 1.29 is 9.53 Å². The number of halogens is 1. The Morgan fingerprint density at radius 3 is 2.76 bits per heavy atom. The Kier molecular flexibility index (Phi) is 7.36. The van der Waals surface area contributed by atoms with Crippen LogP contribution < -0.4 is 20.7 Å². The molecule has 0 spiro atoms. The highest BCUT2D eigenvalue weighted by Gasteiger charge is 2.24. The molecule has 0 radical (unpaired) electrons. The number of fused-ring (bicyclic) bond motifs is 1. The second kappa shape index (κ2) is 10.2. The van der Waals surface area contributed by atoms with Gasteiger partial charge in [0.25, 0.3) is 0 Å². The van der Waals surface area contributed by atoms with Crippen molar-refractivity contribution in [1.29, 1.82) is 0 Å². The molecule has 29 heavy (non-hydrogen) atoms. The number of hydrogen-bond donors (Lipinski definition) is 3. The first kappa shape index (κ1) is 21.0. The van der Waals surface area contributed by atoms with Crippen molar-refractivity contribution in [3.05, 3.63) is 59.1 Å². The first-order valence-corrected chi connectivity index (χ1v) is 10.2. The summed E-state index contributed by atoms with van der Waals surface area (Å²) in [5.41, 5.74) is 2.03. The molecule has 0 aliphatic carbocycles. The summed E-state index contributed by atoms with van der Waals surface area (Å²) in [5, 5.41) is 10.2. The number of hydrogen-bond acceptors (Lipinski definition) is 3. The van der Waals surface area contributed by atoms with Crippen molar-refractivity contribution in [2.24, 2.45) is 4.99 Å². The number of carbonyl (C=O) groups is 1. The van der Waals surface area contributed by atoms with E-state index in [2.05, 4.69) is 33.9 Å². The van der Waals surface area contributed by atoms with E-state index in [1.54, 1.807) is 7.05 Å². The SMILES string of the molecule is CCC(CNC(=NC)NCC1CC(=O)Nc2ccccc21)Oc1ccccc1Cl. The second-order valence-electron chi connectivity index (χ2n) is 6.95. The number of rotatable bonds is 7. The molecule has 3 rings (SSSR count). The monoisotopic (exact) mass is 414 g/mol. The van der Waals surface area contributed by atoms with Gasteiger partial charge in [0.15, 0.2) is 5.96 Å². The quantitative estimate of drug-likeness (QED) is 0.476. The molecule has 154 valence electrons. The first-order chi connectivity index (χ1) is 14.1. The Balaban J connectivity index is 1.54. The summed E-state index contributed by atoms with van der Waals surface area (Å²) < 4.78 is 6.01. The molecular weight excluding hydrogens is 388 g/mol. The highest BCUT2D eigenvalue weighted by molar-refractivity contribution is 6.32. The van der Waals surface area contributed by atoms with E-state index < -0.39 is 0 Å². The lowest BCUT2D eigenvalue weighted by Gasteiger charge is -2.26. The molecule has 2 atom stereocenters. The maximum absolute atomic E-state index is 12.0. The number of amides is 1. The molecule has 0 aromatic heterocycles. The van der Waals surface area contributed by atoms with Gasteiger partial charge in [-0.15, -0.1) is 0 Å². The van der Waals surface area contributed by atoms with Gasteiger partial charge in [0.05, 0.1) is 11.6 Å². The molecule has 0 fully saturated rings. The fraction of sp³-hybridized carbons (Fsp3) is 0.364. The molecule has 1 aliphatic rings. The van der Waals surface area contributed by atoms with E-state index in [1.807, 2.05) is 42.5 Å². The van der Waals surface area contributed by atoms with E-state index in [-0.39, 0.29) is 17.9 Å². The molecule has 3 N–H and O–H groups in total. The maximum atomic E-state index is 12.0. The average molecular weight is 415 g/mol. The van der Waals surface area contributed by atoms with Crippen molar-refractivity contribution in [2.45, 2.75) is 31.8 Å². The van der Waals surface area contributed by atoms with Gasteiger partial charge in [-0.3, -0.25) is 9.79 Å². The summed E-state index contributed by atoms with van der Waals surface area (Å²) in [6, 6.07) is 15.4. The molecule has 2 unspecified atom stereocenters. The van der Waals surface area contributed by atoms with Crippen LogP contribution in [0.15, 0.2) is 53.5 Å². The highest BCUT2D eigenvalue weighted by atomic mass is 35.5. The lowest BCUT2D eigenvalue weighted by atomic mass is 9.90. The summed E-state index contributed by atoms with van der Waals surface area (Å²) in [6.07, 6.45) is 1.23. The number of nitrogens with zero attached hydrogens (tertiary/aromatic N) is 1. The second-order valence-corrected chi connectivity index (χ2v) is 7.36. The number of benzene rings is 2. The predicted molar refractivity (Wildman–Crippen MR) is 118 cm³/mol. The Morgan fingerprint density at radius 2 is 2.00 bits per heavy atom. The van der Waals surface area contributed by atoms with Gasteiger partial charge < -0.3 is 20.7 Å². The largest absolute Gasteiger partial charge is 0.487 e.